The van der Waals surface area contributed by atoms with E-state index in [1.54, 1.807) is 24.1 Å². The van der Waals surface area contributed by atoms with Crippen LogP contribution >= 0.6 is 0 Å². The summed E-state index contributed by atoms with van der Waals surface area (Å²) in [6, 6.07) is 10.1. The quantitative estimate of drug-likeness (QED) is 0.772. The van der Waals surface area contributed by atoms with Crippen molar-refractivity contribution in [3.63, 3.8) is 0 Å². The highest BCUT2D eigenvalue weighted by atomic mass is 16.5. The van der Waals surface area contributed by atoms with E-state index >= 15 is 0 Å². The molecule has 0 unspecified atom stereocenters. The summed E-state index contributed by atoms with van der Waals surface area (Å²) < 4.78 is 5.40. The van der Waals surface area contributed by atoms with Gasteiger partial charge in [0.2, 0.25) is 11.8 Å². The molecule has 4 rings (SSSR count). The molecule has 2 aromatic rings. The van der Waals surface area contributed by atoms with Crippen LogP contribution in [0.15, 0.2) is 36.4 Å². The molecule has 0 saturated carbocycles. The Morgan fingerprint density at radius 3 is 2.72 bits per heavy atom. The van der Waals surface area contributed by atoms with Crippen LogP contribution < -0.4 is 15.4 Å². The number of nitrogens with zero attached hydrogens (tertiary/aromatic N) is 1. The number of carbonyl (C=O) groups is 3. The Bertz CT molecular complexity index is 952. The molecular weight excluding hydrogens is 370 g/mol. The molecule has 2 N–H and O–H groups in total. The molecule has 7 heteroatoms. The van der Waals surface area contributed by atoms with E-state index in [1.807, 2.05) is 24.3 Å². The molecule has 152 valence electrons. The summed E-state index contributed by atoms with van der Waals surface area (Å²) in [5, 5.41) is 7.42. The van der Waals surface area contributed by atoms with Crippen molar-refractivity contribution >= 4 is 28.5 Å². The predicted octanol–water partition coefficient (Wildman–Crippen LogP) is 1.85. The van der Waals surface area contributed by atoms with E-state index < -0.39 is 17.9 Å². The van der Waals surface area contributed by atoms with Crippen molar-refractivity contribution in [1.82, 2.24) is 15.5 Å². The van der Waals surface area contributed by atoms with Gasteiger partial charge in [-0.05, 0) is 49.7 Å². The second-order valence-corrected chi connectivity index (χ2v) is 7.56. The average Bonchev–Trinajstić information content (AvgIpc) is 3.44. The first-order chi connectivity index (χ1) is 14.1. The molecule has 2 aliphatic heterocycles. The lowest BCUT2D eigenvalue weighted by Gasteiger charge is -2.26. The van der Waals surface area contributed by atoms with Gasteiger partial charge in [-0.1, -0.05) is 24.3 Å². The Morgan fingerprint density at radius 1 is 1.14 bits per heavy atom. The van der Waals surface area contributed by atoms with E-state index in [9.17, 15) is 14.4 Å². The fourth-order valence-electron chi connectivity index (χ4n) is 4.24. The van der Waals surface area contributed by atoms with Crippen LogP contribution in [0.4, 0.5) is 0 Å². The third-order valence-electron chi connectivity index (χ3n) is 5.74. The van der Waals surface area contributed by atoms with Gasteiger partial charge in [0.25, 0.3) is 5.91 Å². The first-order valence-corrected chi connectivity index (χ1v) is 10.0. The first kappa shape index (κ1) is 19.4. The summed E-state index contributed by atoms with van der Waals surface area (Å²) in [6.07, 6.45) is 3.08. The number of hydrogen-bond acceptors (Lipinski definition) is 5. The number of imide groups is 1. The van der Waals surface area contributed by atoms with E-state index in [0.717, 1.165) is 36.6 Å². The van der Waals surface area contributed by atoms with E-state index in [-0.39, 0.29) is 11.9 Å². The highest BCUT2D eigenvalue weighted by Crippen LogP contribution is 2.27. The maximum atomic E-state index is 12.8. The number of amides is 3. The second-order valence-electron chi connectivity index (χ2n) is 7.56. The van der Waals surface area contributed by atoms with E-state index in [0.29, 0.717) is 24.3 Å². The lowest BCUT2D eigenvalue weighted by atomic mass is 10.0. The van der Waals surface area contributed by atoms with Crippen molar-refractivity contribution in [2.75, 3.05) is 20.2 Å². The summed E-state index contributed by atoms with van der Waals surface area (Å²) in [7, 11) is 1.55. The molecule has 2 fully saturated rings. The molecule has 2 atom stereocenters. The summed E-state index contributed by atoms with van der Waals surface area (Å²) in [5.41, 5.74) is 0.349. The average molecular weight is 395 g/mol. The minimum atomic E-state index is -0.601. The van der Waals surface area contributed by atoms with Crippen molar-refractivity contribution in [2.45, 2.75) is 37.8 Å². The number of methoxy groups -OCH3 is 1. The van der Waals surface area contributed by atoms with Crippen molar-refractivity contribution in [1.29, 1.82) is 0 Å². The molecule has 2 heterocycles. The van der Waals surface area contributed by atoms with Gasteiger partial charge in [-0.2, -0.15) is 0 Å². The minimum Gasteiger partial charge on any atom is -0.496 e. The van der Waals surface area contributed by atoms with Gasteiger partial charge >= 0.3 is 0 Å². The highest BCUT2D eigenvalue weighted by Gasteiger charge is 2.38. The topological polar surface area (TPSA) is 87.7 Å². The van der Waals surface area contributed by atoms with Gasteiger partial charge in [-0.3, -0.25) is 19.7 Å². The molecule has 0 spiro atoms. The number of likely N-dealkylation sites (tertiary alicyclic amines) is 1. The largest absolute Gasteiger partial charge is 0.496 e. The van der Waals surface area contributed by atoms with Crippen molar-refractivity contribution in [3.05, 3.63) is 42.0 Å². The molecule has 2 aromatic carbocycles. The van der Waals surface area contributed by atoms with E-state index in [4.69, 9.17) is 4.74 Å². The van der Waals surface area contributed by atoms with Crippen LogP contribution in [0.5, 0.6) is 5.75 Å². The number of hydrogen-bond donors (Lipinski definition) is 2. The number of nitrogens with one attached hydrogen (secondary N) is 2. The fraction of sp³-hybridized carbons (Fsp3) is 0.409. The molecule has 7 nitrogen and oxygen atoms in total. The first-order valence-electron chi connectivity index (χ1n) is 10.0. The SMILES string of the molecule is COc1cc(C(=O)NC(=O)[C@@H]2CCCN2C(=O)[C@@H]2CCCN2)cc2ccccc12. The van der Waals surface area contributed by atoms with Crippen LogP contribution in [0.25, 0.3) is 10.8 Å². The molecule has 3 amide bonds. The normalized spacial score (nSPS) is 21.3. The van der Waals surface area contributed by atoms with Gasteiger partial charge in [0.15, 0.2) is 0 Å². The Morgan fingerprint density at radius 2 is 1.97 bits per heavy atom. The van der Waals surface area contributed by atoms with Gasteiger partial charge in [-0.25, -0.2) is 0 Å². The van der Waals surface area contributed by atoms with Crippen molar-refractivity contribution in [3.8, 4) is 5.75 Å². The van der Waals surface area contributed by atoms with Gasteiger partial charge in [0, 0.05) is 17.5 Å². The monoisotopic (exact) mass is 395 g/mol. The third-order valence-corrected chi connectivity index (χ3v) is 5.74. The summed E-state index contributed by atoms with van der Waals surface area (Å²) in [5.74, 6) is -0.381. The Hall–Kier alpha value is -2.93. The van der Waals surface area contributed by atoms with Gasteiger partial charge in [0.1, 0.15) is 11.8 Å². The Labute approximate surface area is 169 Å². The smallest absolute Gasteiger partial charge is 0.258 e. The predicted molar refractivity (Wildman–Crippen MR) is 109 cm³/mol. The van der Waals surface area contributed by atoms with E-state index in [2.05, 4.69) is 10.6 Å². The van der Waals surface area contributed by atoms with Gasteiger partial charge in [-0.15, -0.1) is 0 Å². The zero-order chi connectivity index (χ0) is 20.4. The van der Waals surface area contributed by atoms with Crippen molar-refractivity contribution in [2.24, 2.45) is 0 Å². The number of benzene rings is 2. The number of ether oxygens (including phenoxy) is 1. The zero-order valence-electron chi connectivity index (χ0n) is 16.4. The van der Waals surface area contributed by atoms with Gasteiger partial charge in [0.05, 0.1) is 13.2 Å². The summed E-state index contributed by atoms with van der Waals surface area (Å²) in [6.45, 7) is 1.37. The summed E-state index contributed by atoms with van der Waals surface area (Å²) in [4.78, 5) is 39.9. The molecule has 0 aromatic heterocycles. The summed E-state index contributed by atoms with van der Waals surface area (Å²) >= 11 is 0. The standard InChI is InChI=1S/C22H25N3O4/c1-29-19-13-15(12-14-6-2-3-7-16(14)19)20(26)24-21(27)18-9-5-11-25(18)22(28)17-8-4-10-23-17/h2-3,6-7,12-13,17-18,23H,4-5,8-11H2,1H3,(H,24,26,27)/t17-,18-/m0/s1. The zero-order valence-corrected chi connectivity index (χ0v) is 16.4. The minimum absolute atomic E-state index is 0.0417. The fourth-order valence-corrected chi connectivity index (χ4v) is 4.24. The maximum Gasteiger partial charge on any atom is 0.258 e. The van der Waals surface area contributed by atoms with Gasteiger partial charge < -0.3 is 15.0 Å². The number of fused-ring (bicyclic) bond motifs is 1. The Balaban J connectivity index is 1.50. The maximum absolute atomic E-state index is 12.8. The van der Waals surface area contributed by atoms with Crippen LogP contribution in [0.1, 0.15) is 36.0 Å². The highest BCUT2D eigenvalue weighted by molar-refractivity contribution is 6.09. The molecule has 0 aliphatic carbocycles. The second kappa shape index (κ2) is 8.21. The third kappa shape index (κ3) is 3.82. The molecule has 0 radical (unpaired) electrons. The van der Waals surface area contributed by atoms with E-state index in [1.165, 1.54) is 0 Å². The van der Waals surface area contributed by atoms with Crippen LogP contribution in [0.3, 0.4) is 0 Å². The molecule has 2 saturated heterocycles. The Kier molecular flexibility index (Phi) is 5.49. The van der Waals surface area contributed by atoms with Crippen LogP contribution in [0.2, 0.25) is 0 Å². The molecule has 0 bridgehead atoms. The molecule has 2 aliphatic rings. The van der Waals surface area contributed by atoms with Crippen LogP contribution in [-0.2, 0) is 9.59 Å². The number of carbonyl (C=O) groups excluding carboxylic acids is 3. The molecule has 29 heavy (non-hydrogen) atoms. The molecular formula is C22H25N3O4. The van der Waals surface area contributed by atoms with Crippen molar-refractivity contribution < 1.29 is 19.1 Å². The van der Waals surface area contributed by atoms with Crippen LogP contribution in [0, 0.1) is 0 Å². The lowest BCUT2D eigenvalue weighted by molar-refractivity contribution is -0.139. The lowest BCUT2D eigenvalue weighted by Crippen LogP contribution is -2.51. The van der Waals surface area contributed by atoms with Crippen LogP contribution in [-0.4, -0.2) is 54.9 Å². The number of rotatable bonds is 4.